The van der Waals surface area contributed by atoms with Gasteiger partial charge in [-0.3, -0.25) is 0 Å². The molecule has 5 heteroatoms. The van der Waals surface area contributed by atoms with Crippen molar-refractivity contribution in [2.45, 2.75) is 19.4 Å². The summed E-state index contributed by atoms with van der Waals surface area (Å²) in [5, 5.41) is 4.01. The monoisotopic (exact) mass is 371 g/mol. The van der Waals surface area contributed by atoms with Crippen LogP contribution in [0, 0.1) is 5.82 Å². The minimum absolute atomic E-state index is 0.0462. The first kappa shape index (κ1) is 16.1. The van der Waals surface area contributed by atoms with E-state index in [9.17, 15) is 4.39 Å². The average Bonchev–Trinajstić information content (AvgIpc) is 2.45. The largest absolute Gasteiger partial charge is 0.493 e. The Balaban J connectivity index is 2.32. The Labute approximate surface area is 137 Å². The Morgan fingerprint density at radius 3 is 2.52 bits per heavy atom. The molecule has 21 heavy (non-hydrogen) atoms. The molecule has 2 aromatic carbocycles. The van der Waals surface area contributed by atoms with E-state index in [1.807, 2.05) is 6.07 Å². The van der Waals surface area contributed by atoms with E-state index in [2.05, 4.69) is 28.2 Å². The van der Waals surface area contributed by atoms with Crippen LogP contribution in [0.1, 0.15) is 24.9 Å². The first-order valence-electron chi connectivity index (χ1n) is 6.60. The Hall–Kier alpha value is -1.26. The summed E-state index contributed by atoms with van der Waals surface area (Å²) in [6.45, 7) is 2.06. The lowest BCUT2D eigenvalue weighted by Crippen LogP contribution is -2.10. The fourth-order valence-electron chi connectivity index (χ4n) is 2.18. The zero-order valence-corrected chi connectivity index (χ0v) is 14.1. The Morgan fingerprint density at radius 2 is 1.95 bits per heavy atom. The van der Waals surface area contributed by atoms with Gasteiger partial charge in [0.1, 0.15) is 5.82 Å². The highest BCUT2D eigenvalue weighted by atomic mass is 79.9. The van der Waals surface area contributed by atoms with Crippen LogP contribution in [-0.4, -0.2) is 7.11 Å². The molecule has 0 saturated heterocycles. The minimum atomic E-state index is -0.239. The van der Waals surface area contributed by atoms with Crippen molar-refractivity contribution in [1.29, 1.82) is 0 Å². The molecule has 1 unspecified atom stereocenters. The van der Waals surface area contributed by atoms with E-state index in [4.69, 9.17) is 16.3 Å². The van der Waals surface area contributed by atoms with Crippen molar-refractivity contribution in [3.05, 3.63) is 57.3 Å². The van der Waals surface area contributed by atoms with E-state index in [0.29, 0.717) is 10.8 Å². The third-order valence-corrected chi connectivity index (χ3v) is 4.03. The predicted molar refractivity (Wildman–Crippen MR) is 88.8 cm³/mol. The molecule has 0 bridgehead atoms. The van der Waals surface area contributed by atoms with Crippen molar-refractivity contribution in [3.63, 3.8) is 0 Å². The third kappa shape index (κ3) is 3.89. The maximum Gasteiger partial charge on any atom is 0.156 e. The molecule has 0 amide bonds. The third-order valence-electron chi connectivity index (χ3n) is 3.22. The summed E-state index contributed by atoms with van der Waals surface area (Å²) in [6, 6.07) is 10.1. The maximum atomic E-state index is 13.0. The summed E-state index contributed by atoms with van der Waals surface area (Å²) in [5.74, 6) is 0.455. The van der Waals surface area contributed by atoms with Crippen molar-refractivity contribution in [2.75, 3.05) is 12.4 Å². The number of halogens is 3. The maximum absolute atomic E-state index is 13.0. The van der Waals surface area contributed by atoms with Gasteiger partial charge in [-0.25, -0.2) is 4.39 Å². The van der Waals surface area contributed by atoms with Crippen LogP contribution in [0.3, 0.4) is 0 Å². The summed E-state index contributed by atoms with van der Waals surface area (Å²) in [6.07, 6.45) is 0.846. The van der Waals surface area contributed by atoms with Crippen LogP contribution in [0.25, 0.3) is 0 Å². The molecule has 1 N–H and O–H groups in total. The van der Waals surface area contributed by atoms with Gasteiger partial charge in [0.2, 0.25) is 0 Å². The van der Waals surface area contributed by atoms with E-state index in [1.165, 1.54) is 12.1 Å². The molecule has 0 heterocycles. The van der Waals surface area contributed by atoms with E-state index in [-0.39, 0.29) is 11.9 Å². The second-order valence-corrected chi connectivity index (χ2v) is 5.92. The summed E-state index contributed by atoms with van der Waals surface area (Å²) >= 11 is 9.53. The summed E-state index contributed by atoms with van der Waals surface area (Å²) < 4.78 is 19.2. The molecule has 0 radical (unpaired) electrons. The van der Waals surface area contributed by atoms with Gasteiger partial charge in [0.15, 0.2) is 5.75 Å². The molecule has 0 aliphatic carbocycles. The van der Waals surface area contributed by atoms with Gasteiger partial charge < -0.3 is 10.1 Å². The fraction of sp³-hybridized carbons (Fsp3) is 0.250. The lowest BCUT2D eigenvalue weighted by molar-refractivity contribution is 0.413. The minimum Gasteiger partial charge on any atom is -0.493 e. The van der Waals surface area contributed by atoms with E-state index < -0.39 is 0 Å². The van der Waals surface area contributed by atoms with Crippen LogP contribution in [0.2, 0.25) is 5.02 Å². The van der Waals surface area contributed by atoms with Gasteiger partial charge >= 0.3 is 0 Å². The molecule has 112 valence electrons. The predicted octanol–water partition coefficient (Wildman–Crippen LogP) is 5.81. The Morgan fingerprint density at radius 1 is 1.29 bits per heavy atom. The molecule has 0 spiro atoms. The number of anilines is 1. The van der Waals surface area contributed by atoms with Gasteiger partial charge in [-0.15, -0.1) is 0 Å². The smallest absolute Gasteiger partial charge is 0.156 e. The molecule has 1 atom stereocenters. The Bertz CT molecular complexity index is 618. The van der Waals surface area contributed by atoms with Crippen molar-refractivity contribution in [3.8, 4) is 5.75 Å². The van der Waals surface area contributed by atoms with E-state index in [0.717, 1.165) is 22.1 Å². The molecular formula is C16H16BrClFNO. The van der Waals surface area contributed by atoms with Gasteiger partial charge in [0.25, 0.3) is 0 Å². The Kier molecular flexibility index (Phi) is 5.48. The zero-order valence-electron chi connectivity index (χ0n) is 11.8. The second-order valence-electron chi connectivity index (χ2n) is 4.63. The van der Waals surface area contributed by atoms with Crippen LogP contribution < -0.4 is 10.1 Å². The number of nitrogens with one attached hydrogen (secondary N) is 1. The van der Waals surface area contributed by atoms with Crippen molar-refractivity contribution in [2.24, 2.45) is 0 Å². The highest BCUT2D eigenvalue weighted by molar-refractivity contribution is 9.10. The number of benzene rings is 2. The van der Waals surface area contributed by atoms with Crippen LogP contribution >= 0.6 is 27.5 Å². The van der Waals surface area contributed by atoms with E-state index >= 15 is 0 Å². The van der Waals surface area contributed by atoms with E-state index in [1.54, 1.807) is 25.3 Å². The van der Waals surface area contributed by atoms with Gasteiger partial charge in [-0.1, -0.05) is 30.7 Å². The van der Waals surface area contributed by atoms with Gasteiger partial charge in [-0.2, -0.15) is 0 Å². The average molecular weight is 373 g/mol. The molecule has 0 fully saturated rings. The molecule has 0 saturated carbocycles. The van der Waals surface area contributed by atoms with Crippen LogP contribution in [0.5, 0.6) is 5.75 Å². The van der Waals surface area contributed by atoms with Crippen LogP contribution in [0.15, 0.2) is 40.9 Å². The summed E-state index contributed by atoms with van der Waals surface area (Å²) in [4.78, 5) is 0. The number of hydrogen-bond donors (Lipinski definition) is 1. The fourth-order valence-corrected chi connectivity index (χ4v) is 3.15. The molecule has 0 aromatic heterocycles. The molecule has 0 aliphatic heterocycles. The van der Waals surface area contributed by atoms with Crippen LogP contribution in [0.4, 0.5) is 10.1 Å². The summed E-state index contributed by atoms with van der Waals surface area (Å²) in [5.41, 5.74) is 1.81. The van der Waals surface area contributed by atoms with Gasteiger partial charge in [0.05, 0.1) is 23.3 Å². The number of rotatable bonds is 5. The molecular weight excluding hydrogens is 357 g/mol. The van der Waals surface area contributed by atoms with Crippen LogP contribution in [-0.2, 0) is 0 Å². The summed E-state index contributed by atoms with van der Waals surface area (Å²) in [7, 11) is 1.61. The molecule has 0 aliphatic rings. The molecule has 2 rings (SSSR count). The van der Waals surface area contributed by atoms with Crippen molar-refractivity contribution in [1.82, 2.24) is 0 Å². The lowest BCUT2D eigenvalue weighted by atomic mass is 10.0. The quantitative estimate of drug-likeness (QED) is 0.714. The van der Waals surface area contributed by atoms with Crippen molar-refractivity contribution < 1.29 is 9.13 Å². The standard InChI is InChI=1S/C16H16BrClFNO/c1-3-14(10-4-6-12(19)7-5-10)20-15-9-11(18)8-13(17)16(15)21-2/h4-9,14,20H,3H2,1-2H3. The van der Waals surface area contributed by atoms with Gasteiger partial charge in [-0.05, 0) is 52.2 Å². The normalized spacial score (nSPS) is 12.0. The number of ether oxygens (including phenoxy) is 1. The zero-order chi connectivity index (χ0) is 15.4. The number of methoxy groups -OCH3 is 1. The highest BCUT2D eigenvalue weighted by Crippen LogP contribution is 2.38. The van der Waals surface area contributed by atoms with Crippen molar-refractivity contribution >= 4 is 33.2 Å². The molecule has 2 aromatic rings. The lowest BCUT2D eigenvalue weighted by Gasteiger charge is -2.21. The SMILES string of the molecule is CCC(Nc1cc(Cl)cc(Br)c1OC)c1ccc(F)cc1. The second kappa shape index (κ2) is 7.14. The highest BCUT2D eigenvalue weighted by Gasteiger charge is 2.15. The molecule has 2 nitrogen and oxygen atoms in total. The first-order valence-corrected chi connectivity index (χ1v) is 7.77. The number of hydrogen-bond acceptors (Lipinski definition) is 2. The topological polar surface area (TPSA) is 21.3 Å². The first-order chi connectivity index (χ1) is 10.0. The van der Waals surface area contributed by atoms with Gasteiger partial charge in [0, 0.05) is 5.02 Å².